The van der Waals surface area contributed by atoms with Crippen LogP contribution in [0, 0.1) is 6.92 Å². The first-order chi connectivity index (χ1) is 9.08. The molecule has 19 heavy (non-hydrogen) atoms. The Balaban J connectivity index is 2.18. The highest BCUT2D eigenvalue weighted by Crippen LogP contribution is 2.20. The standard InChI is InChI=1S/C16H17NO2/c1-11(2)15-7-6-13(9-12(15)3)16(18)19-14-5-4-8-17-10-14/h4-11H,1-3H3. The van der Waals surface area contributed by atoms with Gasteiger partial charge in [-0.15, -0.1) is 0 Å². The fourth-order valence-electron chi connectivity index (χ4n) is 2.02. The van der Waals surface area contributed by atoms with Crippen molar-refractivity contribution in [2.24, 2.45) is 0 Å². The molecule has 0 fully saturated rings. The van der Waals surface area contributed by atoms with Crippen LogP contribution in [0.4, 0.5) is 0 Å². The van der Waals surface area contributed by atoms with Gasteiger partial charge in [-0.25, -0.2) is 4.79 Å². The Labute approximate surface area is 113 Å². The average molecular weight is 255 g/mol. The Morgan fingerprint density at radius 1 is 1.26 bits per heavy atom. The molecule has 3 nitrogen and oxygen atoms in total. The van der Waals surface area contributed by atoms with E-state index in [0.717, 1.165) is 5.56 Å². The zero-order chi connectivity index (χ0) is 13.8. The van der Waals surface area contributed by atoms with Crippen molar-refractivity contribution in [3.05, 3.63) is 59.4 Å². The van der Waals surface area contributed by atoms with Gasteiger partial charge in [-0.1, -0.05) is 19.9 Å². The van der Waals surface area contributed by atoms with Gasteiger partial charge in [0.15, 0.2) is 0 Å². The van der Waals surface area contributed by atoms with Gasteiger partial charge in [0, 0.05) is 6.20 Å². The van der Waals surface area contributed by atoms with Gasteiger partial charge in [0.2, 0.25) is 0 Å². The van der Waals surface area contributed by atoms with E-state index in [2.05, 4.69) is 18.8 Å². The summed E-state index contributed by atoms with van der Waals surface area (Å²) in [4.78, 5) is 15.9. The van der Waals surface area contributed by atoms with Crippen molar-refractivity contribution in [3.63, 3.8) is 0 Å². The van der Waals surface area contributed by atoms with E-state index in [4.69, 9.17) is 4.74 Å². The summed E-state index contributed by atoms with van der Waals surface area (Å²) < 4.78 is 5.25. The van der Waals surface area contributed by atoms with Gasteiger partial charge in [-0.3, -0.25) is 4.98 Å². The minimum atomic E-state index is -0.355. The number of ether oxygens (including phenoxy) is 1. The van der Waals surface area contributed by atoms with Crippen molar-refractivity contribution >= 4 is 5.97 Å². The maximum atomic E-state index is 12.0. The van der Waals surface area contributed by atoms with E-state index in [0.29, 0.717) is 17.2 Å². The number of aryl methyl sites for hydroxylation is 1. The van der Waals surface area contributed by atoms with Crippen LogP contribution < -0.4 is 4.74 Å². The number of benzene rings is 1. The van der Waals surface area contributed by atoms with Crippen molar-refractivity contribution in [2.45, 2.75) is 26.7 Å². The van der Waals surface area contributed by atoms with Crippen LogP contribution in [0.1, 0.15) is 41.3 Å². The second-order valence-electron chi connectivity index (χ2n) is 4.80. The van der Waals surface area contributed by atoms with Crippen LogP contribution in [-0.2, 0) is 0 Å². The summed E-state index contributed by atoms with van der Waals surface area (Å²) in [5.41, 5.74) is 2.92. The third-order valence-corrected chi connectivity index (χ3v) is 2.97. The van der Waals surface area contributed by atoms with Crippen LogP contribution in [0.5, 0.6) is 5.75 Å². The molecule has 0 atom stereocenters. The molecule has 2 rings (SSSR count). The van der Waals surface area contributed by atoms with Gasteiger partial charge < -0.3 is 4.74 Å². The molecule has 0 saturated carbocycles. The van der Waals surface area contributed by atoms with Gasteiger partial charge in [0.25, 0.3) is 0 Å². The lowest BCUT2D eigenvalue weighted by atomic mass is 9.96. The van der Waals surface area contributed by atoms with Gasteiger partial charge >= 0.3 is 5.97 Å². The smallest absolute Gasteiger partial charge is 0.343 e. The lowest BCUT2D eigenvalue weighted by molar-refractivity contribution is 0.0734. The van der Waals surface area contributed by atoms with Gasteiger partial charge in [-0.05, 0) is 48.2 Å². The highest BCUT2D eigenvalue weighted by atomic mass is 16.5. The van der Waals surface area contributed by atoms with Crippen LogP contribution in [0.2, 0.25) is 0 Å². The largest absolute Gasteiger partial charge is 0.421 e. The number of aromatic nitrogens is 1. The Hall–Kier alpha value is -2.16. The summed E-state index contributed by atoms with van der Waals surface area (Å²) in [5, 5.41) is 0. The van der Waals surface area contributed by atoms with Crippen molar-refractivity contribution in [2.75, 3.05) is 0 Å². The summed E-state index contributed by atoms with van der Waals surface area (Å²) in [7, 11) is 0. The molecule has 0 unspecified atom stereocenters. The lowest BCUT2D eigenvalue weighted by Gasteiger charge is -2.11. The van der Waals surface area contributed by atoms with Crippen LogP contribution in [0.3, 0.4) is 0 Å². The van der Waals surface area contributed by atoms with Crippen molar-refractivity contribution in [1.82, 2.24) is 4.98 Å². The Bertz CT molecular complexity index is 577. The maximum absolute atomic E-state index is 12.0. The second kappa shape index (κ2) is 5.65. The van der Waals surface area contributed by atoms with Crippen LogP contribution in [0.15, 0.2) is 42.7 Å². The summed E-state index contributed by atoms with van der Waals surface area (Å²) in [6.45, 7) is 6.28. The molecule has 0 spiro atoms. The lowest BCUT2D eigenvalue weighted by Crippen LogP contribution is -2.09. The van der Waals surface area contributed by atoms with E-state index in [1.54, 1.807) is 24.4 Å². The Kier molecular flexibility index (Phi) is 3.95. The number of pyridine rings is 1. The average Bonchev–Trinajstić information content (AvgIpc) is 2.39. The number of carbonyl (C=O) groups is 1. The van der Waals surface area contributed by atoms with E-state index < -0.39 is 0 Å². The van der Waals surface area contributed by atoms with E-state index in [1.165, 1.54) is 11.8 Å². The number of nitrogens with zero attached hydrogens (tertiary/aromatic N) is 1. The Morgan fingerprint density at radius 2 is 2.05 bits per heavy atom. The van der Waals surface area contributed by atoms with Crippen molar-refractivity contribution < 1.29 is 9.53 Å². The van der Waals surface area contributed by atoms with Crippen LogP contribution in [-0.4, -0.2) is 11.0 Å². The molecule has 0 radical (unpaired) electrons. The normalized spacial score (nSPS) is 10.5. The first-order valence-electron chi connectivity index (χ1n) is 6.30. The third-order valence-electron chi connectivity index (χ3n) is 2.97. The minimum Gasteiger partial charge on any atom is -0.421 e. The molecule has 0 N–H and O–H groups in total. The number of hydrogen-bond acceptors (Lipinski definition) is 3. The second-order valence-corrected chi connectivity index (χ2v) is 4.80. The molecular formula is C16H17NO2. The first-order valence-corrected chi connectivity index (χ1v) is 6.30. The predicted molar refractivity (Wildman–Crippen MR) is 74.5 cm³/mol. The minimum absolute atomic E-state index is 0.355. The molecular weight excluding hydrogens is 238 g/mol. The molecule has 98 valence electrons. The molecule has 1 heterocycles. The van der Waals surface area contributed by atoms with Crippen molar-refractivity contribution in [1.29, 1.82) is 0 Å². The zero-order valence-electron chi connectivity index (χ0n) is 11.4. The topological polar surface area (TPSA) is 39.2 Å². The SMILES string of the molecule is Cc1cc(C(=O)Oc2cccnc2)ccc1C(C)C. The molecule has 2 aromatic rings. The number of carbonyl (C=O) groups excluding carboxylic acids is 1. The molecule has 0 aliphatic rings. The number of rotatable bonds is 3. The highest BCUT2D eigenvalue weighted by molar-refractivity contribution is 5.91. The Morgan fingerprint density at radius 3 is 2.63 bits per heavy atom. The molecule has 0 saturated heterocycles. The fraction of sp³-hybridized carbons (Fsp3) is 0.250. The van der Waals surface area contributed by atoms with Crippen molar-refractivity contribution in [3.8, 4) is 5.75 Å². The molecule has 1 aromatic carbocycles. The number of hydrogen-bond donors (Lipinski definition) is 0. The molecule has 0 bridgehead atoms. The third kappa shape index (κ3) is 3.19. The monoisotopic (exact) mass is 255 g/mol. The van der Waals surface area contributed by atoms with E-state index >= 15 is 0 Å². The van der Waals surface area contributed by atoms with E-state index in [1.807, 2.05) is 19.1 Å². The van der Waals surface area contributed by atoms with Crippen LogP contribution >= 0.6 is 0 Å². The molecule has 0 amide bonds. The van der Waals surface area contributed by atoms with Crippen LogP contribution in [0.25, 0.3) is 0 Å². The molecule has 1 aromatic heterocycles. The summed E-state index contributed by atoms with van der Waals surface area (Å²) in [6, 6.07) is 9.10. The highest BCUT2D eigenvalue weighted by Gasteiger charge is 2.11. The van der Waals surface area contributed by atoms with Gasteiger partial charge in [-0.2, -0.15) is 0 Å². The van der Waals surface area contributed by atoms with Gasteiger partial charge in [0.05, 0.1) is 11.8 Å². The zero-order valence-corrected chi connectivity index (χ0v) is 11.4. The summed E-state index contributed by atoms with van der Waals surface area (Å²) in [6.07, 6.45) is 3.16. The van der Waals surface area contributed by atoms with Gasteiger partial charge in [0.1, 0.15) is 5.75 Å². The molecule has 0 aliphatic heterocycles. The fourth-order valence-corrected chi connectivity index (χ4v) is 2.02. The number of esters is 1. The maximum Gasteiger partial charge on any atom is 0.343 e. The van der Waals surface area contributed by atoms with E-state index in [-0.39, 0.29) is 5.97 Å². The quantitative estimate of drug-likeness (QED) is 0.784. The summed E-state index contributed by atoms with van der Waals surface area (Å²) >= 11 is 0. The summed E-state index contributed by atoms with van der Waals surface area (Å²) in [5.74, 6) is 0.549. The van der Waals surface area contributed by atoms with E-state index in [9.17, 15) is 4.79 Å². The molecule has 0 aliphatic carbocycles. The molecule has 3 heteroatoms. The predicted octanol–water partition coefficient (Wildman–Crippen LogP) is 3.73. The first kappa shape index (κ1) is 13.3.